The van der Waals surface area contributed by atoms with Crippen LogP contribution in [-0.2, 0) is 23.0 Å². The van der Waals surface area contributed by atoms with Gasteiger partial charge < -0.3 is 0 Å². The Labute approximate surface area is 242 Å². The van der Waals surface area contributed by atoms with Gasteiger partial charge in [-0.05, 0) is 41.8 Å². The number of aromatic nitrogens is 1. The summed E-state index contributed by atoms with van der Waals surface area (Å²) < 4.78 is 28.1. The molecule has 0 aliphatic carbocycles. The maximum Gasteiger partial charge on any atom is 0.257 e. The van der Waals surface area contributed by atoms with Crippen LogP contribution in [0.5, 0.6) is 0 Å². The Morgan fingerprint density at radius 3 is 2.10 bits per heavy atom. The highest BCUT2D eigenvalue weighted by molar-refractivity contribution is 7.89. The van der Waals surface area contributed by atoms with Crippen molar-refractivity contribution in [2.24, 2.45) is 0 Å². The molecule has 4 aromatic carbocycles. The largest absolute Gasteiger partial charge is 0.298 e. The summed E-state index contributed by atoms with van der Waals surface area (Å²) in [5.74, 6) is -0.634. The lowest BCUT2D eigenvalue weighted by Gasteiger charge is -2.28. The van der Waals surface area contributed by atoms with E-state index in [9.17, 15) is 18.0 Å². The summed E-state index contributed by atoms with van der Waals surface area (Å²) in [4.78, 5) is 31.6. The van der Waals surface area contributed by atoms with Gasteiger partial charge in [0, 0.05) is 29.8 Å². The zero-order valence-electron chi connectivity index (χ0n) is 21.9. The normalized spacial score (nSPS) is 13.4. The van der Waals surface area contributed by atoms with Crippen LogP contribution in [0.4, 0.5) is 5.13 Å². The number of thiazole rings is 1. The zero-order valence-corrected chi connectivity index (χ0v) is 23.5. The number of hydrogen-bond donors (Lipinski definition) is 1. The molecular weight excluding hydrogens is 555 g/mol. The summed E-state index contributed by atoms with van der Waals surface area (Å²) in [6, 6.07) is 32.0. The number of carbonyl (C=O) groups excluding carboxylic acids is 2. The Morgan fingerprint density at radius 1 is 0.756 bits per heavy atom. The first kappa shape index (κ1) is 26.8. The maximum absolute atomic E-state index is 13.3. The van der Waals surface area contributed by atoms with E-state index >= 15 is 0 Å². The number of carbonyl (C=O) groups is 2. The third kappa shape index (κ3) is 5.47. The predicted octanol–water partition coefficient (Wildman–Crippen LogP) is 6.04. The van der Waals surface area contributed by atoms with Crippen molar-refractivity contribution in [1.29, 1.82) is 0 Å². The molecule has 1 amide bonds. The van der Waals surface area contributed by atoms with Crippen LogP contribution in [0.2, 0.25) is 0 Å². The van der Waals surface area contributed by atoms with Gasteiger partial charge in [-0.3, -0.25) is 14.9 Å². The molecule has 0 atom stereocenters. The fourth-order valence-corrected chi connectivity index (χ4v) is 7.18. The van der Waals surface area contributed by atoms with Crippen molar-refractivity contribution in [3.63, 3.8) is 0 Å². The van der Waals surface area contributed by atoms with Crippen LogP contribution in [0.3, 0.4) is 0 Å². The van der Waals surface area contributed by atoms with Gasteiger partial charge in [0.15, 0.2) is 5.13 Å². The molecule has 5 aromatic rings. The zero-order chi connectivity index (χ0) is 28.4. The molecule has 2 heterocycles. The first-order chi connectivity index (χ1) is 19.9. The van der Waals surface area contributed by atoms with Crippen LogP contribution in [0.15, 0.2) is 114 Å². The number of nitrogens with zero attached hydrogens (tertiary/aromatic N) is 2. The van der Waals surface area contributed by atoms with Gasteiger partial charge in [0.05, 0.1) is 10.6 Å². The molecule has 0 bridgehead atoms. The van der Waals surface area contributed by atoms with E-state index in [-0.39, 0.29) is 21.4 Å². The molecule has 1 aliphatic heterocycles. The Bertz CT molecular complexity index is 1840. The van der Waals surface area contributed by atoms with Crippen molar-refractivity contribution in [2.75, 3.05) is 11.9 Å². The van der Waals surface area contributed by atoms with Gasteiger partial charge >= 0.3 is 0 Å². The number of fused-ring (bicyclic) bond motifs is 1. The number of nitrogens with one attached hydrogen (secondary N) is 1. The number of sulfonamides is 1. The van der Waals surface area contributed by atoms with Crippen molar-refractivity contribution >= 4 is 38.2 Å². The van der Waals surface area contributed by atoms with E-state index in [0.29, 0.717) is 35.6 Å². The third-order valence-electron chi connectivity index (χ3n) is 6.99. The third-order valence-corrected chi connectivity index (χ3v) is 9.82. The van der Waals surface area contributed by atoms with Crippen LogP contribution < -0.4 is 5.32 Å². The van der Waals surface area contributed by atoms with Crippen LogP contribution in [-0.4, -0.2) is 35.9 Å². The molecule has 0 saturated heterocycles. The average molecular weight is 580 g/mol. The Balaban J connectivity index is 1.22. The first-order valence-corrected chi connectivity index (χ1v) is 15.3. The Hall–Kier alpha value is -4.44. The monoisotopic (exact) mass is 579 g/mol. The Morgan fingerprint density at radius 2 is 1.39 bits per heavy atom. The van der Waals surface area contributed by atoms with E-state index in [1.807, 2.05) is 60.7 Å². The summed E-state index contributed by atoms with van der Waals surface area (Å²) in [6.07, 6.45) is 0.656. The molecule has 1 aliphatic rings. The smallest absolute Gasteiger partial charge is 0.257 e. The van der Waals surface area contributed by atoms with Gasteiger partial charge in [-0.1, -0.05) is 96.3 Å². The van der Waals surface area contributed by atoms with E-state index < -0.39 is 15.9 Å². The van der Waals surface area contributed by atoms with Gasteiger partial charge in [0.2, 0.25) is 15.8 Å². The van der Waals surface area contributed by atoms with Crippen LogP contribution in [0, 0.1) is 0 Å². The van der Waals surface area contributed by atoms with Crippen molar-refractivity contribution in [3.05, 3.63) is 136 Å². The number of rotatable bonds is 7. The van der Waals surface area contributed by atoms with Crippen molar-refractivity contribution in [3.8, 4) is 11.3 Å². The molecule has 41 heavy (non-hydrogen) atoms. The molecule has 1 aromatic heterocycles. The molecule has 0 radical (unpaired) electrons. The molecule has 0 saturated carbocycles. The minimum Gasteiger partial charge on any atom is -0.298 e. The van der Waals surface area contributed by atoms with E-state index in [0.717, 1.165) is 28.0 Å². The van der Waals surface area contributed by atoms with Crippen molar-refractivity contribution < 1.29 is 18.0 Å². The second-order valence-electron chi connectivity index (χ2n) is 9.59. The van der Waals surface area contributed by atoms with Gasteiger partial charge in [-0.2, -0.15) is 4.31 Å². The van der Waals surface area contributed by atoms with Crippen molar-refractivity contribution in [2.45, 2.75) is 17.9 Å². The average Bonchev–Trinajstić information content (AvgIpc) is 3.45. The number of benzene rings is 4. The molecule has 0 unspecified atom stereocenters. The number of hydrogen-bond acceptors (Lipinski definition) is 6. The first-order valence-electron chi connectivity index (χ1n) is 13.0. The summed E-state index contributed by atoms with van der Waals surface area (Å²) in [7, 11) is -3.72. The minimum atomic E-state index is -3.72. The highest BCUT2D eigenvalue weighted by Gasteiger charge is 2.28. The quantitative estimate of drug-likeness (QED) is 0.237. The van der Waals surface area contributed by atoms with E-state index in [1.165, 1.54) is 28.6 Å². The second kappa shape index (κ2) is 11.2. The molecule has 7 nitrogen and oxygen atoms in total. The Kier molecular flexibility index (Phi) is 7.32. The van der Waals surface area contributed by atoms with E-state index in [4.69, 9.17) is 0 Å². The summed E-state index contributed by atoms with van der Waals surface area (Å²) in [6.45, 7) is 0.720. The molecule has 0 fully saturated rings. The van der Waals surface area contributed by atoms with Gasteiger partial charge in [0.25, 0.3) is 5.91 Å². The minimum absolute atomic E-state index is 0.129. The van der Waals surface area contributed by atoms with Crippen molar-refractivity contribution in [1.82, 2.24) is 9.29 Å². The predicted molar refractivity (Wildman–Crippen MR) is 160 cm³/mol. The molecule has 9 heteroatoms. The summed E-state index contributed by atoms with van der Waals surface area (Å²) in [5.41, 5.74) is 4.22. The fourth-order valence-electron chi connectivity index (χ4n) is 4.81. The lowest BCUT2D eigenvalue weighted by Crippen LogP contribution is -2.35. The highest BCUT2D eigenvalue weighted by Crippen LogP contribution is 2.33. The van der Waals surface area contributed by atoms with E-state index in [1.54, 1.807) is 24.3 Å². The molecule has 6 rings (SSSR count). The number of anilines is 1. The SMILES string of the molecule is O=C(Nc1nc(-c2ccccc2)c(C(=O)c2ccccc2)s1)c1ccc(S(=O)(=O)N2CCc3ccccc3C2)cc1. The van der Waals surface area contributed by atoms with E-state index in [2.05, 4.69) is 10.3 Å². The van der Waals surface area contributed by atoms with Crippen LogP contribution >= 0.6 is 11.3 Å². The van der Waals surface area contributed by atoms with Crippen LogP contribution in [0.25, 0.3) is 11.3 Å². The maximum atomic E-state index is 13.3. The standard InChI is InChI=1S/C32H25N3O4S2/c36-29(24-12-5-2-6-13-24)30-28(23-10-3-1-4-11-23)33-32(40-30)34-31(37)25-15-17-27(18-16-25)41(38,39)35-20-19-22-9-7-8-14-26(22)21-35/h1-18H,19-21H2,(H,33,34,37). The fraction of sp³-hybridized carbons (Fsp3) is 0.0938. The molecule has 1 N–H and O–H groups in total. The van der Waals surface area contributed by atoms with Gasteiger partial charge in [0.1, 0.15) is 4.88 Å². The topological polar surface area (TPSA) is 96.4 Å². The lowest BCUT2D eigenvalue weighted by molar-refractivity contribution is 0.102. The lowest BCUT2D eigenvalue weighted by atomic mass is 10.0. The van der Waals surface area contributed by atoms with Crippen LogP contribution in [0.1, 0.15) is 36.7 Å². The van der Waals surface area contributed by atoms with Gasteiger partial charge in [-0.15, -0.1) is 0 Å². The highest BCUT2D eigenvalue weighted by atomic mass is 32.2. The summed E-state index contributed by atoms with van der Waals surface area (Å²) in [5, 5.41) is 3.06. The molecule has 0 spiro atoms. The summed E-state index contributed by atoms with van der Waals surface area (Å²) >= 11 is 1.11. The number of ketones is 1. The molecule has 204 valence electrons. The number of amides is 1. The molecular formula is C32H25N3O4S2. The second-order valence-corrected chi connectivity index (χ2v) is 12.5. The van der Waals surface area contributed by atoms with Gasteiger partial charge in [-0.25, -0.2) is 13.4 Å².